The molecule has 0 aliphatic rings. The Kier molecular flexibility index (Phi) is 12.0. The SMILES string of the molecule is CC(C)[Si](O[C@@H](C)[C@H](O[Si](C)(C)C)P(=O)(OCc1ccccc1)OCc1ccccc1)(C(C)C)C(C)C. The van der Waals surface area contributed by atoms with Crippen molar-refractivity contribution < 1.29 is 22.5 Å². The molecule has 5 nitrogen and oxygen atoms in total. The Hall–Kier alpha value is -1.06. The summed E-state index contributed by atoms with van der Waals surface area (Å²) >= 11 is 0. The molecule has 0 bridgehead atoms. The van der Waals surface area contributed by atoms with E-state index in [1.807, 2.05) is 67.6 Å². The maximum atomic E-state index is 14.8. The van der Waals surface area contributed by atoms with Gasteiger partial charge >= 0.3 is 7.60 Å². The quantitative estimate of drug-likeness (QED) is 0.159. The summed E-state index contributed by atoms with van der Waals surface area (Å²) in [6.07, 6.45) is -0.456. The minimum atomic E-state index is -3.78. The molecular formula is C29H49O5PSi2. The van der Waals surface area contributed by atoms with Crippen molar-refractivity contribution in [1.82, 2.24) is 0 Å². The fraction of sp³-hybridized carbons (Fsp3) is 0.586. The van der Waals surface area contributed by atoms with Gasteiger partial charge in [0, 0.05) is 0 Å². The van der Waals surface area contributed by atoms with Crippen LogP contribution in [0.3, 0.4) is 0 Å². The number of rotatable bonds is 15. The van der Waals surface area contributed by atoms with Gasteiger partial charge in [-0.3, -0.25) is 4.57 Å². The largest absolute Gasteiger partial charge is 0.410 e. The fourth-order valence-electron chi connectivity index (χ4n) is 5.23. The molecular weight excluding hydrogens is 515 g/mol. The molecule has 8 heteroatoms. The molecule has 0 amide bonds. The van der Waals surface area contributed by atoms with Gasteiger partial charge in [-0.1, -0.05) is 102 Å². The highest BCUT2D eigenvalue weighted by Gasteiger charge is 2.51. The van der Waals surface area contributed by atoms with Crippen LogP contribution in [0.2, 0.25) is 36.3 Å². The molecule has 0 aliphatic heterocycles. The molecule has 0 saturated heterocycles. The Morgan fingerprint density at radius 2 is 1.03 bits per heavy atom. The Balaban J connectivity index is 2.49. The Labute approximate surface area is 228 Å². The molecule has 0 aliphatic carbocycles. The van der Waals surface area contributed by atoms with E-state index in [-0.39, 0.29) is 13.2 Å². The third-order valence-electron chi connectivity index (χ3n) is 6.79. The average Bonchev–Trinajstić information content (AvgIpc) is 2.83. The predicted octanol–water partition coefficient (Wildman–Crippen LogP) is 9.37. The van der Waals surface area contributed by atoms with Crippen molar-refractivity contribution in [2.75, 3.05) is 0 Å². The van der Waals surface area contributed by atoms with Crippen molar-refractivity contribution in [3.05, 3.63) is 71.8 Å². The first kappa shape index (κ1) is 32.2. The molecule has 0 unspecified atom stereocenters. The predicted molar refractivity (Wildman–Crippen MR) is 160 cm³/mol. The lowest BCUT2D eigenvalue weighted by atomic mass is 10.2. The average molecular weight is 565 g/mol. The summed E-state index contributed by atoms with van der Waals surface area (Å²) in [6, 6.07) is 19.6. The summed E-state index contributed by atoms with van der Waals surface area (Å²) < 4.78 is 41.0. The fourth-order valence-corrected chi connectivity index (χ4v) is 14.9. The molecule has 0 saturated carbocycles. The lowest BCUT2D eigenvalue weighted by Gasteiger charge is -2.46. The van der Waals surface area contributed by atoms with E-state index < -0.39 is 36.2 Å². The molecule has 2 aromatic rings. The van der Waals surface area contributed by atoms with E-state index in [9.17, 15) is 4.57 Å². The van der Waals surface area contributed by atoms with E-state index in [1.54, 1.807) is 0 Å². The van der Waals surface area contributed by atoms with Crippen molar-refractivity contribution in [3.63, 3.8) is 0 Å². The number of benzene rings is 2. The summed E-state index contributed by atoms with van der Waals surface area (Å²) in [4.78, 5) is 0. The first-order valence-corrected chi connectivity index (χ1v) is 20.7. The second kappa shape index (κ2) is 13.8. The van der Waals surface area contributed by atoms with Gasteiger partial charge in [-0.2, -0.15) is 0 Å². The standard InChI is InChI=1S/C29H49O5PSi2/c1-23(2)37(24(3)4,25(5)6)33-26(7)29(34-36(8,9)10)35(30,31-21-27-17-13-11-14-18-27)32-22-28-19-15-12-16-20-28/h11-20,23-26,29H,21-22H2,1-10H3/t26-,29+/m0/s1. The lowest BCUT2D eigenvalue weighted by Crippen LogP contribution is -2.53. The van der Waals surface area contributed by atoms with E-state index >= 15 is 0 Å². The van der Waals surface area contributed by atoms with Crippen molar-refractivity contribution in [1.29, 1.82) is 0 Å². The highest BCUT2D eigenvalue weighted by molar-refractivity contribution is 7.54. The molecule has 2 aromatic carbocycles. The maximum absolute atomic E-state index is 14.8. The zero-order valence-electron chi connectivity index (χ0n) is 24.6. The van der Waals surface area contributed by atoms with Crippen molar-refractivity contribution in [2.24, 2.45) is 0 Å². The van der Waals surface area contributed by atoms with E-state index in [2.05, 4.69) is 61.2 Å². The molecule has 0 N–H and O–H groups in total. The van der Waals surface area contributed by atoms with Gasteiger partial charge in [0.1, 0.15) is 0 Å². The summed E-state index contributed by atoms with van der Waals surface area (Å²) in [5.74, 6) is -0.824. The van der Waals surface area contributed by atoms with Crippen LogP contribution in [0.15, 0.2) is 60.7 Å². The van der Waals surface area contributed by atoms with Crippen LogP contribution in [-0.4, -0.2) is 28.6 Å². The summed E-state index contributed by atoms with van der Waals surface area (Å²) in [5.41, 5.74) is 3.02. The Bertz CT molecular complexity index is 908. The van der Waals surface area contributed by atoms with Crippen LogP contribution in [0, 0.1) is 0 Å². The van der Waals surface area contributed by atoms with Gasteiger partial charge in [0.25, 0.3) is 0 Å². The van der Waals surface area contributed by atoms with Crippen LogP contribution in [0.25, 0.3) is 0 Å². The van der Waals surface area contributed by atoms with Gasteiger partial charge in [0.15, 0.2) is 14.2 Å². The Morgan fingerprint density at radius 3 is 1.35 bits per heavy atom. The monoisotopic (exact) mass is 564 g/mol. The van der Waals surface area contributed by atoms with Crippen LogP contribution in [0.5, 0.6) is 0 Å². The lowest BCUT2D eigenvalue weighted by molar-refractivity contribution is 0.0597. The van der Waals surface area contributed by atoms with Gasteiger partial charge < -0.3 is 17.9 Å². The van der Waals surface area contributed by atoms with Crippen molar-refractivity contribution in [2.45, 2.75) is 110 Å². The molecule has 0 spiro atoms. The van der Waals surface area contributed by atoms with Crippen molar-refractivity contribution in [3.8, 4) is 0 Å². The molecule has 0 fully saturated rings. The van der Waals surface area contributed by atoms with Crippen LogP contribution in [0.1, 0.15) is 59.6 Å². The third-order valence-corrected chi connectivity index (χ3v) is 16.3. The number of hydrogen-bond donors (Lipinski definition) is 0. The minimum Gasteiger partial charge on any atom is -0.410 e. The highest BCUT2D eigenvalue weighted by Crippen LogP contribution is 2.58. The third kappa shape index (κ3) is 8.99. The first-order valence-electron chi connectivity index (χ1n) is 13.5. The highest BCUT2D eigenvalue weighted by atomic mass is 31.2. The summed E-state index contributed by atoms with van der Waals surface area (Å²) in [6.45, 7) is 22.2. The van der Waals surface area contributed by atoms with Crippen molar-refractivity contribution >= 4 is 24.2 Å². The summed E-state index contributed by atoms with van der Waals surface area (Å²) in [5, 5.41) is 0. The van der Waals surface area contributed by atoms with Gasteiger partial charge in [0.2, 0.25) is 8.32 Å². The second-order valence-corrected chi connectivity index (χ2v) is 23.8. The van der Waals surface area contributed by atoms with Gasteiger partial charge in [0.05, 0.1) is 19.3 Å². The van der Waals surface area contributed by atoms with E-state index in [4.69, 9.17) is 17.9 Å². The van der Waals surface area contributed by atoms with Crippen LogP contribution in [0.4, 0.5) is 0 Å². The topological polar surface area (TPSA) is 54.0 Å². The first-order chi connectivity index (χ1) is 17.2. The van der Waals surface area contributed by atoms with Crippen LogP contribution >= 0.6 is 7.60 Å². The zero-order valence-corrected chi connectivity index (χ0v) is 27.5. The molecule has 0 radical (unpaired) electrons. The van der Waals surface area contributed by atoms with Crippen LogP contribution in [-0.2, 0) is 35.7 Å². The molecule has 37 heavy (non-hydrogen) atoms. The normalized spacial score (nSPS) is 14.9. The Morgan fingerprint density at radius 1 is 0.649 bits per heavy atom. The molecule has 208 valence electrons. The van der Waals surface area contributed by atoms with Crippen LogP contribution < -0.4 is 0 Å². The van der Waals surface area contributed by atoms with E-state index in [0.717, 1.165) is 11.1 Å². The second-order valence-electron chi connectivity index (χ2n) is 11.8. The summed E-state index contributed by atoms with van der Waals surface area (Å²) in [7, 11) is -8.22. The molecule has 2 atom stereocenters. The minimum absolute atomic E-state index is 0.173. The van der Waals surface area contributed by atoms with Gasteiger partial charge in [-0.15, -0.1) is 0 Å². The van der Waals surface area contributed by atoms with Gasteiger partial charge in [-0.25, -0.2) is 0 Å². The number of hydrogen-bond acceptors (Lipinski definition) is 5. The zero-order chi connectivity index (χ0) is 27.9. The molecule has 2 rings (SSSR count). The molecule has 0 heterocycles. The smallest absolute Gasteiger partial charge is 0.361 e. The van der Waals surface area contributed by atoms with E-state index in [0.29, 0.717) is 16.6 Å². The van der Waals surface area contributed by atoms with Gasteiger partial charge in [-0.05, 0) is 54.3 Å². The maximum Gasteiger partial charge on any atom is 0.361 e. The molecule has 0 aromatic heterocycles. The van der Waals surface area contributed by atoms with E-state index in [1.165, 1.54) is 0 Å².